The van der Waals surface area contributed by atoms with Crippen LogP contribution in [0.2, 0.25) is 5.02 Å². The Bertz CT molecular complexity index is 1040. The average molecular weight is 459 g/mol. The van der Waals surface area contributed by atoms with Crippen LogP contribution in [0.3, 0.4) is 0 Å². The number of nitrogens with zero attached hydrogens (tertiary/aromatic N) is 1. The highest BCUT2D eigenvalue weighted by Gasteiger charge is 2.30. The van der Waals surface area contributed by atoms with Crippen LogP contribution in [0.4, 0.5) is 14.5 Å². The van der Waals surface area contributed by atoms with Crippen molar-refractivity contribution < 1.29 is 26.7 Å². The maximum absolute atomic E-state index is 14.2. The highest BCUT2D eigenvalue weighted by molar-refractivity contribution is 7.90. The van der Waals surface area contributed by atoms with Crippen molar-refractivity contribution in [3.8, 4) is 0 Å². The van der Waals surface area contributed by atoms with Crippen LogP contribution in [-0.4, -0.2) is 39.8 Å². The average Bonchev–Trinajstić information content (AvgIpc) is 2.74. The van der Waals surface area contributed by atoms with Gasteiger partial charge in [0.25, 0.3) is 0 Å². The standard InChI is InChI=1S/C20H21ClF2N2O4S/c1-29-20(26)13-2-3-14(19(23)10-13)12-24-30(27,28)16-6-8-25(9-7-16)15-4-5-18(22)17(21)11-15/h2-5,10-11,16,24H,6-9,12H2,1H3. The van der Waals surface area contributed by atoms with Gasteiger partial charge in [-0.3, -0.25) is 0 Å². The largest absolute Gasteiger partial charge is 0.465 e. The predicted octanol–water partition coefficient (Wildman–Crippen LogP) is 3.49. The van der Waals surface area contributed by atoms with E-state index < -0.39 is 32.9 Å². The van der Waals surface area contributed by atoms with E-state index >= 15 is 0 Å². The summed E-state index contributed by atoms with van der Waals surface area (Å²) in [4.78, 5) is 13.4. The first-order valence-corrected chi connectivity index (χ1v) is 11.2. The van der Waals surface area contributed by atoms with Crippen LogP contribution in [-0.2, 0) is 21.3 Å². The SMILES string of the molecule is COC(=O)c1ccc(CNS(=O)(=O)C2CCN(c3ccc(F)c(Cl)c3)CC2)c(F)c1. The quantitative estimate of drug-likeness (QED) is 0.670. The monoisotopic (exact) mass is 458 g/mol. The van der Waals surface area contributed by atoms with E-state index in [0.29, 0.717) is 25.9 Å². The van der Waals surface area contributed by atoms with E-state index in [1.807, 2.05) is 4.90 Å². The number of rotatable bonds is 6. The number of benzene rings is 2. The molecule has 10 heteroatoms. The predicted molar refractivity (Wildman–Crippen MR) is 110 cm³/mol. The number of piperidine rings is 1. The van der Waals surface area contributed by atoms with Crippen molar-refractivity contribution in [1.82, 2.24) is 4.72 Å². The number of hydrogen-bond acceptors (Lipinski definition) is 5. The first-order valence-electron chi connectivity index (χ1n) is 9.26. The third kappa shape index (κ3) is 5.08. The molecule has 0 radical (unpaired) electrons. The Labute approximate surface area is 178 Å². The lowest BCUT2D eigenvalue weighted by atomic mass is 10.1. The van der Waals surface area contributed by atoms with E-state index in [-0.39, 0.29) is 22.7 Å². The van der Waals surface area contributed by atoms with Crippen molar-refractivity contribution in [2.24, 2.45) is 0 Å². The zero-order valence-corrected chi connectivity index (χ0v) is 17.8. The molecule has 0 spiro atoms. The van der Waals surface area contributed by atoms with Gasteiger partial charge < -0.3 is 9.64 Å². The molecule has 30 heavy (non-hydrogen) atoms. The fraction of sp³-hybridized carbons (Fsp3) is 0.350. The van der Waals surface area contributed by atoms with E-state index in [2.05, 4.69) is 9.46 Å². The number of carbonyl (C=O) groups excluding carboxylic acids is 1. The first kappa shape index (κ1) is 22.5. The molecule has 162 valence electrons. The second kappa shape index (κ2) is 9.28. The van der Waals surface area contributed by atoms with Crippen molar-refractivity contribution in [3.05, 3.63) is 64.2 Å². The lowest BCUT2D eigenvalue weighted by Gasteiger charge is -2.33. The number of ether oxygens (including phenoxy) is 1. The van der Waals surface area contributed by atoms with Crippen LogP contribution in [0, 0.1) is 11.6 Å². The summed E-state index contributed by atoms with van der Waals surface area (Å²) in [7, 11) is -2.48. The van der Waals surface area contributed by atoms with Crippen LogP contribution in [0.25, 0.3) is 0 Å². The molecule has 2 aromatic carbocycles. The summed E-state index contributed by atoms with van der Waals surface area (Å²) >= 11 is 5.82. The first-order chi connectivity index (χ1) is 14.2. The molecule has 0 aliphatic carbocycles. The van der Waals surface area contributed by atoms with Gasteiger partial charge in [0.1, 0.15) is 11.6 Å². The van der Waals surface area contributed by atoms with E-state index in [1.165, 1.54) is 31.4 Å². The minimum Gasteiger partial charge on any atom is -0.465 e. The molecule has 1 N–H and O–H groups in total. The molecular formula is C20H21ClF2N2O4S. The van der Waals surface area contributed by atoms with Gasteiger partial charge in [-0.2, -0.15) is 0 Å². The molecule has 1 aliphatic rings. The molecule has 0 bridgehead atoms. The lowest BCUT2D eigenvalue weighted by molar-refractivity contribution is 0.0600. The fourth-order valence-corrected chi connectivity index (χ4v) is 4.94. The number of sulfonamides is 1. The molecule has 1 heterocycles. The fourth-order valence-electron chi connectivity index (χ4n) is 3.34. The minimum absolute atomic E-state index is 0.0177. The molecule has 0 aromatic heterocycles. The van der Waals surface area contributed by atoms with Gasteiger partial charge in [-0.1, -0.05) is 17.7 Å². The molecule has 0 amide bonds. The van der Waals surface area contributed by atoms with E-state index in [0.717, 1.165) is 11.8 Å². The van der Waals surface area contributed by atoms with Crippen molar-refractivity contribution in [2.75, 3.05) is 25.1 Å². The Hall–Kier alpha value is -2.23. The molecule has 2 aromatic rings. The summed E-state index contributed by atoms with van der Waals surface area (Å²) in [6.45, 7) is 0.717. The molecule has 1 aliphatic heterocycles. The lowest BCUT2D eigenvalue weighted by Crippen LogP contribution is -2.43. The number of anilines is 1. The molecule has 0 unspecified atom stereocenters. The summed E-state index contributed by atoms with van der Waals surface area (Å²) in [6, 6.07) is 8.15. The Morgan fingerprint density at radius 2 is 1.87 bits per heavy atom. The number of esters is 1. The molecular weight excluding hydrogens is 438 g/mol. The van der Waals surface area contributed by atoms with Crippen LogP contribution in [0.1, 0.15) is 28.8 Å². The van der Waals surface area contributed by atoms with E-state index in [9.17, 15) is 22.0 Å². The number of nitrogens with one attached hydrogen (secondary N) is 1. The maximum Gasteiger partial charge on any atom is 0.337 e. The van der Waals surface area contributed by atoms with Gasteiger partial charge in [-0.05, 0) is 43.2 Å². The zero-order chi connectivity index (χ0) is 21.9. The Morgan fingerprint density at radius 3 is 2.47 bits per heavy atom. The zero-order valence-electron chi connectivity index (χ0n) is 16.2. The van der Waals surface area contributed by atoms with Crippen molar-refractivity contribution >= 4 is 33.3 Å². The molecule has 0 saturated carbocycles. The molecule has 3 rings (SSSR count). The van der Waals surface area contributed by atoms with Crippen molar-refractivity contribution in [1.29, 1.82) is 0 Å². The summed E-state index contributed by atoms with van der Waals surface area (Å²) in [5, 5.41) is -0.605. The summed E-state index contributed by atoms with van der Waals surface area (Å²) in [5.74, 6) is -1.87. The third-order valence-electron chi connectivity index (χ3n) is 5.09. The number of carbonyl (C=O) groups is 1. The molecule has 1 fully saturated rings. The third-order valence-corrected chi connectivity index (χ3v) is 7.27. The van der Waals surface area contributed by atoms with Gasteiger partial charge in [0.05, 0.1) is 22.9 Å². The summed E-state index contributed by atoms with van der Waals surface area (Å²) in [5.41, 5.74) is 0.914. The van der Waals surface area contributed by atoms with Gasteiger partial charge in [0, 0.05) is 30.9 Å². The number of methoxy groups -OCH3 is 1. The van der Waals surface area contributed by atoms with Gasteiger partial charge >= 0.3 is 5.97 Å². The highest BCUT2D eigenvalue weighted by atomic mass is 35.5. The maximum atomic E-state index is 14.2. The Balaban J connectivity index is 1.59. The van der Waals surface area contributed by atoms with Gasteiger partial charge in [0.15, 0.2) is 0 Å². The van der Waals surface area contributed by atoms with Crippen LogP contribution >= 0.6 is 11.6 Å². The number of halogens is 3. The second-order valence-electron chi connectivity index (χ2n) is 6.95. The van der Waals surface area contributed by atoms with E-state index in [1.54, 1.807) is 6.07 Å². The number of hydrogen-bond donors (Lipinski definition) is 1. The molecule has 6 nitrogen and oxygen atoms in total. The highest BCUT2D eigenvalue weighted by Crippen LogP contribution is 2.27. The van der Waals surface area contributed by atoms with Crippen molar-refractivity contribution in [2.45, 2.75) is 24.6 Å². The Morgan fingerprint density at radius 1 is 1.17 bits per heavy atom. The molecule has 1 saturated heterocycles. The van der Waals surface area contributed by atoms with Gasteiger partial charge in [-0.25, -0.2) is 26.7 Å². The van der Waals surface area contributed by atoms with Crippen LogP contribution in [0.15, 0.2) is 36.4 Å². The van der Waals surface area contributed by atoms with Crippen molar-refractivity contribution in [3.63, 3.8) is 0 Å². The van der Waals surface area contributed by atoms with Crippen LogP contribution in [0.5, 0.6) is 0 Å². The smallest absolute Gasteiger partial charge is 0.337 e. The van der Waals surface area contributed by atoms with E-state index in [4.69, 9.17) is 11.6 Å². The molecule has 0 atom stereocenters. The Kier molecular flexibility index (Phi) is 6.95. The normalized spacial score (nSPS) is 15.3. The van der Waals surface area contributed by atoms with Crippen LogP contribution < -0.4 is 9.62 Å². The summed E-state index contributed by atoms with van der Waals surface area (Å²) in [6.07, 6.45) is 0.738. The topological polar surface area (TPSA) is 75.7 Å². The minimum atomic E-state index is -3.67. The van der Waals surface area contributed by atoms with Gasteiger partial charge in [-0.15, -0.1) is 0 Å². The second-order valence-corrected chi connectivity index (χ2v) is 9.40. The summed E-state index contributed by atoms with van der Waals surface area (Å²) < 4.78 is 59.8. The van der Waals surface area contributed by atoms with Gasteiger partial charge in [0.2, 0.25) is 10.0 Å².